The fourth-order valence-corrected chi connectivity index (χ4v) is 3.90. The van der Waals surface area contributed by atoms with Crippen LogP contribution in [0.15, 0.2) is 71.3 Å². The number of benzene rings is 3. The number of carbonyl (C=O) groups is 3. The Bertz CT molecular complexity index is 1310. The van der Waals surface area contributed by atoms with E-state index in [1.807, 2.05) is 42.5 Å². The zero-order valence-electron chi connectivity index (χ0n) is 17.6. The van der Waals surface area contributed by atoms with Gasteiger partial charge in [0.15, 0.2) is 6.61 Å². The molecule has 0 saturated carbocycles. The largest absolute Gasteiger partial charge is 0.456 e. The second kappa shape index (κ2) is 8.66. The van der Waals surface area contributed by atoms with Gasteiger partial charge in [0.25, 0.3) is 17.7 Å². The van der Waals surface area contributed by atoms with Gasteiger partial charge in [-0.1, -0.05) is 59.8 Å². The molecule has 0 radical (unpaired) electrons. The van der Waals surface area contributed by atoms with E-state index in [2.05, 4.69) is 10.1 Å². The number of nitrogens with zero attached hydrogens (tertiary/aromatic N) is 3. The minimum atomic E-state index is -0.478. The summed E-state index contributed by atoms with van der Waals surface area (Å²) in [6.45, 7) is -0.0220. The van der Waals surface area contributed by atoms with Crippen molar-refractivity contribution in [3.8, 4) is 11.4 Å². The molecule has 4 aromatic rings. The minimum absolute atomic E-state index is 0.0442. The van der Waals surface area contributed by atoms with Gasteiger partial charge in [0.2, 0.25) is 5.82 Å². The molecule has 1 aliphatic rings. The van der Waals surface area contributed by atoms with E-state index < -0.39 is 5.97 Å². The van der Waals surface area contributed by atoms with Crippen LogP contribution in [0.5, 0.6) is 0 Å². The molecule has 164 valence electrons. The highest BCUT2D eigenvalue weighted by Gasteiger charge is 2.32. The first kappa shape index (κ1) is 20.6. The van der Waals surface area contributed by atoms with E-state index in [1.165, 1.54) is 4.90 Å². The summed E-state index contributed by atoms with van der Waals surface area (Å²) in [5.41, 5.74) is 1.79. The summed E-state index contributed by atoms with van der Waals surface area (Å²) in [6, 6.07) is 20.1. The molecule has 0 fully saturated rings. The first-order chi connectivity index (χ1) is 16.1. The number of amides is 2. The number of rotatable bonds is 7. The van der Waals surface area contributed by atoms with E-state index in [4.69, 9.17) is 9.26 Å². The maximum absolute atomic E-state index is 12.9. The first-order valence-electron chi connectivity index (χ1n) is 10.5. The molecular formula is C25H19N3O5. The molecule has 0 aliphatic carbocycles. The maximum atomic E-state index is 12.9. The van der Waals surface area contributed by atoms with Crippen LogP contribution >= 0.6 is 0 Å². The molecule has 8 nitrogen and oxygen atoms in total. The van der Waals surface area contributed by atoms with Crippen LogP contribution in [0, 0.1) is 0 Å². The van der Waals surface area contributed by atoms with Gasteiger partial charge >= 0.3 is 5.97 Å². The summed E-state index contributed by atoms with van der Waals surface area (Å²) in [5.74, 6) is -0.574. The summed E-state index contributed by atoms with van der Waals surface area (Å²) in [4.78, 5) is 43.3. The fourth-order valence-electron chi connectivity index (χ4n) is 3.90. The Morgan fingerprint density at radius 2 is 1.61 bits per heavy atom. The van der Waals surface area contributed by atoms with Crippen LogP contribution in [-0.2, 0) is 16.1 Å². The van der Waals surface area contributed by atoms with E-state index in [1.54, 1.807) is 24.3 Å². The molecule has 0 saturated heterocycles. The molecule has 0 spiro atoms. The Morgan fingerprint density at radius 3 is 2.30 bits per heavy atom. The highest BCUT2D eigenvalue weighted by molar-refractivity contribution is 6.25. The van der Waals surface area contributed by atoms with E-state index in [0.717, 1.165) is 10.9 Å². The second-order valence-electron chi connectivity index (χ2n) is 7.61. The molecule has 0 unspecified atom stereocenters. The summed E-state index contributed by atoms with van der Waals surface area (Å²) >= 11 is 0. The van der Waals surface area contributed by atoms with Crippen LogP contribution in [0.2, 0.25) is 0 Å². The van der Waals surface area contributed by atoms with Crippen LogP contribution in [-0.4, -0.2) is 39.4 Å². The molecule has 8 heteroatoms. The number of hydrogen-bond donors (Lipinski definition) is 0. The molecule has 0 N–H and O–H groups in total. The molecule has 1 aliphatic heterocycles. The van der Waals surface area contributed by atoms with Crippen molar-refractivity contribution in [2.24, 2.45) is 0 Å². The van der Waals surface area contributed by atoms with Crippen molar-refractivity contribution in [1.29, 1.82) is 0 Å². The fraction of sp³-hybridized carbons (Fsp3) is 0.160. The third-order valence-electron chi connectivity index (χ3n) is 5.48. The van der Waals surface area contributed by atoms with Gasteiger partial charge < -0.3 is 9.26 Å². The molecule has 3 aromatic carbocycles. The molecule has 5 rings (SSSR count). The normalized spacial score (nSPS) is 12.9. The minimum Gasteiger partial charge on any atom is -0.456 e. The van der Waals surface area contributed by atoms with Crippen molar-refractivity contribution >= 4 is 28.6 Å². The number of carbonyl (C=O) groups excluding carboxylic acids is 3. The summed E-state index contributed by atoms with van der Waals surface area (Å²) in [7, 11) is 0. The lowest BCUT2D eigenvalue weighted by molar-refractivity contribution is -0.145. The standard InChI is InChI=1S/C25H19N3O5/c29-21(32-15-20-26-23(27-33-20)17-7-2-1-3-8-17)13-6-14-28-24(30)18-11-4-9-16-10-5-12-19(22(16)18)25(28)31/h1-5,7-12H,6,13-15H2. The SMILES string of the molecule is O=C(CCCN1C(=O)c2cccc3cccc(c23)C1=O)OCc1nc(-c2ccccc2)no1. The Morgan fingerprint density at radius 1 is 0.909 bits per heavy atom. The Kier molecular flexibility index (Phi) is 5.40. The van der Waals surface area contributed by atoms with Crippen LogP contribution in [0.1, 0.15) is 39.4 Å². The van der Waals surface area contributed by atoms with E-state index in [-0.39, 0.29) is 43.7 Å². The lowest BCUT2D eigenvalue weighted by atomic mass is 9.94. The highest BCUT2D eigenvalue weighted by Crippen LogP contribution is 2.30. The van der Waals surface area contributed by atoms with Crippen LogP contribution in [0.25, 0.3) is 22.2 Å². The van der Waals surface area contributed by atoms with Gasteiger partial charge in [0.05, 0.1) is 0 Å². The zero-order valence-corrected chi connectivity index (χ0v) is 17.6. The van der Waals surface area contributed by atoms with Gasteiger partial charge in [-0.2, -0.15) is 4.98 Å². The van der Waals surface area contributed by atoms with Crippen LogP contribution in [0.3, 0.4) is 0 Å². The van der Waals surface area contributed by atoms with Gasteiger partial charge in [-0.15, -0.1) is 0 Å². The summed E-state index contributed by atoms with van der Waals surface area (Å²) < 4.78 is 10.3. The summed E-state index contributed by atoms with van der Waals surface area (Å²) in [6.07, 6.45) is 0.330. The molecular weight excluding hydrogens is 422 g/mol. The van der Waals surface area contributed by atoms with E-state index >= 15 is 0 Å². The Hall–Kier alpha value is -4.33. The van der Waals surface area contributed by atoms with E-state index in [9.17, 15) is 14.4 Å². The zero-order chi connectivity index (χ0) is 22.8. The maximum Gasteiger partial charge on any atom is 0.306 e. The quantitative estimate of drug-likeness (QED) is 0.315. The number of imide groups is 1. The smallest absolute Gasteiger partial charge is 0.306 e. The number of hydrogen-bond acceptors (Lipinski definition) is 7. The second-order valence-corrected chi connectivity index (χ2v) is 7.61. The average molecular weight is 441 g/mol. The van der Waals surface area contributed by atoms with E-state index in [0.29, 0.717) is 22.3 Å². The van der Waals surface area contributed by atoms with Gasteiger partial charge in [-0.25, -0.2) is 0 Å². The van der Waals surface area contributed by atoms with Gasteiger partial charge in [-0.05, 0) is 23.9 Å². The highest BCUT2D eigenvalue weighted by atomic mass is 16.6. The Labute approximate surface area is 188 Å². The van der Waals surface area contributed by atoms with Gasteiger partial charge in [0.1, 0.15) is 0 Å². The van der Waals surface area contributed by atoms with Crippen molar-refractivity contribution in [2.75, 3.05) is 6.54 Å². The molecule has 1 aromatic heterocycles. The average Bonchev–Trinajstić information content (AvgIpc) is 3.33. The number of esters is 1. The lowest BCUT2D eigenvalue weighted by Crippen LogP contribution is -2.41. The lowest BCUT2D eigenvalue weighted by Gasteiger charge is -2.27. The van der Waals surface area contributed by atoms with Gasteiger partial charge in [0, 0.05) is 35.0 Å². The summed E-state index contributed by atoms with van der Waals surface area (Å²) in [5, 5.41) is 5.41. The van der Waals surface area contributed by atoms with Crippen molar-refractivity contribution in [1.82, 2.24) is 15.0 Å². The Balaban J connectivity index is 1.16. The van der Waals surface area contributed by atoms with Gasteiger partial charge in [-0.3, -0.25) is 19.3 Å². The van der Waals surface area contributed by atoms with Crippen molar-refractivity contribution < 1.29 is 23.6 Å². The van der Waals surface area contributed by atoms with Crippen LogP contribution in [0.4, 0.5) is 0 Å². The monoisotopic (exact) mass is 441 g/mol. The predicted octanol–water partition coefficient (Wildman–Crippen LogP) is 4.01. The van der Waals surface area contributed by atoms with Crippen LogP contribution < -0.4 is 0 Å². The molecule has 2 amide bonds. The predicted molar refractivity (Wildman–Crippen MR) is 118 cm³/mol. The molecule has 2 heterocycles. The molecule has 33 heavy (non-hydrogen) atoms. The number of ether oxygens (including phenoxy) is 1. The van der Waals surface area contributed by atoms with Crippen molar-refractivity contribution in [3.63, 3.8) is 0 Å². The number of aromatic nitrogens is 2. The van der Waals surface area contributed by atoms with Crippen molar-refractivity contribution in [2.45, 2.75) is 19.4 Å². The third kappa shape index (κ3) is 3.98. The first-order valence-corrected chi connectivity index (χ1v) is 10.5. The molecule has 0 bridgehead atoms. The van der Waals surface area contributed by atoms with Crippen molar-refractivity contribution in [3.05, 3.63) is 83.7 Å². The molecule has 0 atom stereocenters. The topological polar surface area (TPSA) is 103 Å². The third-order valence-corrected chi connectivity index (χ3v) is 5.48.